The van der Waals surface area contributed by atoms with Crippen molar-refractivity contribution in [2.75, 3.05) is 18.5 Å². The number of benzene rings is 1. The molecular weight excluding hydrogens is 202 g/mol. The monoisotopic (exact) mass is 221 g/mol. The number of para-hydroxylation sites is 2. The van der Waals surface area contributed by atoms with Gasteiger partial charge in [0.1, 0.15) is 5.75 Å². The average molecular weight is 221 g/mol. The molecule has 2 N–H and O–H groups in total. The summed E-state index contributed by atoms with van der Waals surface area (Å²) in [5.74, 6) is 0.855. The molecule has 0 atom stereocenters. The summed E-state index contributed by atoms with van der Waals surface area (Å²) in [7, 11) is 0. The van der Waals surface area contributed by atoms with Crippen LogP contribution >= 0.6 is 0 Å². The van der Waals surface area contributed by atoms with Gasteiger partial charge in [-0.15, -0.1) is 0 Å². The van der Waals surface area contributed by atoms with Gasteiger partial charge in [-0.25, -0.2) is 0 Å². The lowest BCUT2D eigenvalue weighted by atomic mass is 9.80. The molecule has 0 heterocycles. The Morgan fingerprint density at radius 1 is 1.38 bits per heavy atom. The molecule has 0 unspecified atom stereocenters. The van der Waals surface area contributed by atoms with Crippen molar-refractivity contribution in [3.63, 3.8) is 0 Å². The van der Waals surface area contributed by atoms with E-state index in [0.717, 1.165) is 30.7 Å². The minimum absolute atomic E-state index is 0.501. The zero-order valence-corrected chi connectivity index (χ0v) is 9.70. The molecule has 0 aliphatic heterocycles. The Balaban J connectivity index is 1.97. The molecule has 2 rings (SSSR count). The molecule has 1 aromatic carbocycles. The summed E-state index contributed by atoms with van der Waals surface area (Å²) in [6, 6.07) is 7.84. The molecule has 0 saturated heterocycles. The van der Waals surface area contributed by atoms with E-state index in [1.807, 2.05) is 31.2 Å². The zero-order chi connectivity index (χ0) is 11.4. The maximum atomic E-state index is 9.99. The van der Waals surface area contributed by atoms with Gasteiger partial charge >= 0.3 is 0 Å². The van der Waals surface area contributed by atoms with Gasteiger partial charge in [0.2, 0.25) is 0 Å². The molecule has 0 radical (unpaired) electrons. The van der Waals surface area contributed by atoms with Crippen LogP contribution in [-0.4, -0.2) is 23.9 Å². The second-order valence-electron chi connectivity index (χ2n) is 4.36. The molecule has 1 saturated carbocycles. The highest BCUT2D eigenvalue weighted by molar-refractivity contribution is 5.56. The van der Waals surface area contributed by atoms with Gasteiger partial charge in [-0.2, -0.15) is 0 Å². The average Bonchev–Trinajstić information content (AvgIpc) is 2.26. The zero-order valence-electron chi connectivity index (χ0n) is 9.70. The normalized spacial score (nSPS) is 17.6. The second-order valence-corrected chi connectivity index (χ2v) is 4.36. The van der Waals surface area contributed by atoms with E-state index in [9.17, 15) is 5.11 Å². The third-order valence-corrected chi connectivity index (χ3v) is 3.08. The van der Waals surface area contributed by atoms with Crippen molar-refractivity contribution in [1.82, 2.24) is 0 Å². The van der Waals surface area contributed by atoms with Gasteiger partial charge in [0.05, 0.1) is 17.9 Å². The Hall–Kier alpha value is -1.22. The van der Waals surface area contributed by atoms with Crippen molar-refractivity contribution in [2.45, 2.75) is 31.8 Å². The summed E-state index contributed by atoms with van der Waals surface area (Å²) in [4.78, 5) is 0. The number of anilines is 1. The molecular formula is C13H19NO2. The standard InChI is InChI=1S/C13H19NO2/c1-2-16-12-7-4-3-6-11(12)14-10-13(15)8-5-9-13/h3-4,6-7,14-15H,2,5,8-10H2,1H3. The van der Waals surface area contributed by atoms with Crippen LogP contribution in [0.5, 0.6) is 5.75 Å². The van der Waals surface area contributed by atoms with E-state index < -0.39 is 5.60 Å². The number of nitrogens with one attached hydrogen (secondary N) is 1. The van der Waals surface area contributed by atoms with Gasteiger partial charge in [0.25, 0.3) is 0 Å². The SMILES string of the molecule is CCOc1ccccc1NCC1(O)CCC1. The lowest BCUT2D eigenvalue weighted by Gasteiger charge is -2.37. The molecule has 3 nitrogen and oxygen atoms in total. The summed E-state index contributed by atoms with van der Waals surface area (Å²) in [6.07, 6.45) is 2.93. The molecule has 1 fully saturated rings. The number of hydrogen-bond acceptors (Lipinski definition) is 3. The molecule has 1 aliphatic carbocycles. The van der Waals surface area contributed by atoms with Crippen molar-refractivity contribution < 1.29 is 9.84 Å². The van der Waals surface area contributed by atoms with E-state index in [1.165, 1.54) is 0 Å². The van der Waals surface area contributed by atoms with Gasteiger partial charge in [0.15, 0.2) is 0 Å². The molecule has 1 aliphatic rings. The summed E-state index contributed by atoms with van der Waals surface area (Å²) in [6.45, 7) is 3.23. The Morgan fingerprint density at radius 2 is 2.12 bits per heavy atom. The molecule has 0 bridgehead atoms. The molecule has 1 aromatic rings. The highest BCUT2D eigenvalue weighted by Crippen LogP contribution is 2.33. The van der Waals surface area contributed by atoms with Crippen molar-refractivity contribution in [3.8, 4) is 5.75 Å². The van der Waals surface area contributed by atoms with Gasteiger partial charge in [-0.3, -0.25) is 0 Å². The van der Waals surface area contributed by atoms with Gasteiger partial charge in [0, 0.05) is 6.54 Å². The van der Waals surface area contributed by atoms with Crippen LogP contribution in [0.3, 0.4) is 0 Å². The quantitative estimate of drug-likeness (QED) is 0.802. The van der Waals surface area contributed by atoms with Crippen LogP contribution in [0.25, 0.3) is 0 Å². The predicted octanol–water partition coefficient (Wildman–Crippen LogP) is 2.41. The number of rotatable bonds is 5. The fourth-order valence-electron chi connectivity index (χ4n) is 1.92. The fraction of sp³-hybridized carbons (Fsp3) is 0.538. The summed E-state index contributed by atoms with van der Waals surface area (Å²) < 4.78 is 5.51. The minimum Gasteiger partial charge on any atom is -0.492 e. The van der Waals surface area contributed by atoms with Crippen LogP contribution in [0, 0.1) is 0 Å². The topological polar surface area (TPSA) is 41.5 Å². The van der Waals surface area contributed by atoms with E-state index in [0.29, 0.717) is 13.2 Å². The number of aliphatic hydroxyl groups is 1. The summed E-state index contributed by atoms with van der Waals surface area (Å²) in [5, 5.41) is 13.3. The minimum atomic E-state index is -0.501. The van der Waals surface area contributed by atoms with Gasteiger partial charge in [-0.1, -0.05) is 12.1 Å². The maximum Gasteiger partial charge on any atom is 0.142 e. The van der Waals surface area contributed by atoms with Crippen LogP contribution in [0.2, 0.25) is 0 Å². The van der Waals surface area contributed by atoms with Crippen molar-refractivity contribution >= 4 is 5.69 Å². The van der Waals surface area contributed by atoms with Crippen molar-refractivity contribution in [2.24, 2.45) is 0 Å². The first-order valence-electron chi connectivity index (χ1n) is 5.92. The van der Waals surface area contributed by atoms with E-state index >= 15 is 0 Å². The largest absolute Gasteiger partial charge is 0.492 e. The third kappa shape index (κ3) is 2.47. The van der Waals surface area contributed by atoms with Crippen LogP contribution in [0.4, 0.5) is 5.69 Å². The van der Waals surface area contributed by atoms with Crippen molar-refractivity contribution in [1.29, 1.82) is 0 Å². The number of hydrogen-bond donors (Lipinski definition) is 2. The smallest absolute Gasteiger partial charge is 0.142 e. The Labute approximate surface area is 96.4 Å². The first-order valence-corrected chi connectivity index (χ1v) is 5.92. The van der Waals surface area contributed by atoms with Gasteiger partial charge < -0.3 is 15.2 Å². The van der Waals surface area contributed by atoms with Crippen LogP contribution in [0.15, 0.2) is 24.3 Å². The van der Waals surface area contributed by atoms with Crippen LogP contribution in [-0.2, 0) is 0 Å². The predicted molar refractivity (Wildman–Crippen MR) is 64.9 cm³/mol. The lowest BCUT2D eigenvalue weighted by molar-refractivity contribution is -0.0202. The fourth-order valence-corrected chi connectivity index (χ4v) is 1.92. The molecule has 0 amide bonds. The highest BCUT2D eigenvalue weighted by atomic mass is 16.5. The molecule has 0 spiro atoms. The molecule has 88 valence electrons. The first-order chi connectivity index (χ1) is 7.73. The second kappa shape index (κ2) is 4.74. The Bertz CT molecular complexity index is 348. The van der Waals surface area contributed by atoms with E-state index in [2.05, 4.69) is 5.32 Å². The van der Waals surface area contributed by atoms with E-state index in [4.69, 9.17) is 4.74 Å². The molecule has 0 aromatic heterocycles. The Kier molecular flexibility index (Phi) is 3.34. The first kappa shape index (κ1) is 11.3. The summed E-state index contributed by atoms with van der Waals surface area (Å²) >= 11 is 0. The van der Waals surface area contributed by atoms with Gasteiger partial charge in [-0.05, 0) is 38.3 Å². The van der Waals surface area contributed by atoms with E-state index in [-0.39, 0.29) is 0 Å². The van der Waals surface area contributed by atoms with Crippen LogP contribution < -0.4 is 10.1 Å². The van der Waals surface area contributed by atoms with Crippen LogP contribution in [0.1, 0.15) is 26.2 Å². The lowest BCUT2D eigenvalue weighted by Crippen LogP contribution is -2.43. The molecule has 3 heteroatoms. The maximum absolute atomic E-state index is 9.99. The third-order valence-electron chi connectivity index (χ3n) is 3.08. The number of ether oxygens (including phenoxy) is 1. The highest BCUT2D eigenvalue weighted by Gasteiger charge is 2.34. The Morgan fingerprint density at radius 3 is 2.75 bits per heavy atom. The molecule has 16 heavy (non-hydrogen) atoms. The van der Waals surface area contributed by atoms with Crippen molar-refractivity contribution in [3.05, 3.63) is 24.3 Å². The van der Waals surface area contributed by atoms with E-state index in [1.54, 1.807) is 0 Å². The summed E-state index contributed by atoms with van der Waals surface area (Å²) in [5.41, 5.74) is 0.462.